The summed E-state index contributed by atoms with van der Waals surface area (Å²) in [6.07, 6.45) is 9.63. The minimum atomic E-state index is 0.0578. The number of morpholine rings is 1. The van der Waals surface area contributed by atoms with Crippen LogP contribution in [0.1, 0.15) is 40.0 Å². The summed E-state index contributed by atoms with van der Waals surface area (Å²) in [6.45, 7) is 8.04. The molecule has 1 N–H and O–H groups in total. The summed E-state index contributed by atoms with van der Waals surface area (Å²) in [5.74, 6) is 0.918. The molecule has 148 valence electrons. The summed E-state index contributed by atoms with van der Waals surface area (Å²) in [7, 11) is 0. The highest BCUT2D eigenvalue weighted by Crippen LogP contribution is 2.40. The molecule has 1 aliphatic heterocycles. The molecule has 0 aromatic carbocycles. The number of anilines is 1. The van der Waals surface area contributed by atoms with E-state index in [0.717, 1.165) is 60.1 Å². The fourth-order valence-electron chi connectivity index (χ4n) is 4.13. The van der Waals surface area contributed by atoms with Gasteiger partial charge in [-0.1, -0.05) is 6.08 Å². The number of nitrogens with one attached hydrogen (secondary N) is 1. The zero-order valence-electron chi connectivity index (χ0n) is 16.7. The second-order valence-corrected chi connectivity index (χ2v) is 8.54. The first-order chi connectivity index (χ1) is 13.5. The molecule has 2 aromatic rings. The number of hydrogen-bond donors (Lipinski definition) is 1. The summed E-state index contributed by atoms with van der Waals surface area (Å²) in [4.78, 5) is 11.3. The Bertz CT molecular complexity index is 986. The maximum Gasteiger partial charge on any atom is 0.132 e. The number of rotatable bonds is 4. The first-order valence-electron chi connectivity index (χ1n) is 10.2. The van der Waals surface area contributed by atoms with Crippen LogP contribution in [0.2, 0.25) is 0 Å². The van der Waals surface area contributed by atoms with Crippen LogP contribution in [0.4, 0.5) is 5.82 Å². The lowest BCUT2D eigenvalue weighted by atomic mass is 10.1. The van der Waals surface area contributed by atoms with Crippen LogP contribution in [0.15, 0.2) is 12.4 Å². The molecule has 0 spiro atoms. The van der Waals surface area contributed by atoms with Crippen molar-refractivity contribution in [2.45, 2.75) is 63.9 Å². The average Bonchev–Trinajstić information content (AvgIpc) is 3.24. The molecule has 28 heavy (non-hydrogen) atoms. The summed E-state index contributed by atoms with van der Waals surface area (Å²) >= 11 is 0. The quantitative estimate of drug-likeness (QED) is 0.862. The molecule has 5 rings (SSSR count). The smallest absolute Gasteiger partial charge is 0.132 e. The maximum absolute atomic E-state index is 6.27. The lowest BCUT2D eigenvalue weighted by Crippen LogP contribution is -2.45. The molecule has 1 saturated heterocycles. The monoisotopic (exact) mass is 381 g/mol. The first-order valence-corrected chi connectivity index (χ1v) is 10.2. The fraction of sp³-hybridized carbons (Fsp3) is 0.571. The van der Waals surface area contributed by atoms with Gasteiger partial charge in [0.05, 0.1) is 35.0 Å². The van der Waals surface area contributed by atoms with Gasteiger partial charge in [0.15, 0.2) is 0 Å². The fourth-order valence-corrected chi connectivity index (χ4v) is 4.13. The highest BCUT2D eigenvalue weighted by molar-refractivity contribution is 5.62. The normalized spacial score (nSPS) is 28.2. The number of nitrogens with zero attached hydrogens (tertiary/aromatic N) is 4. The third-order valence-electron chi connectivity index (χ3n) is 5.77. The van der Waals surface area contributed by atoms with Crippen LogP contribution >= 0.6 is 0 Å². The minimum Gasteiger partial charge on any atom is -0.372 e. The second-order valence-electron chi connectivity index (χ2n) is 8.54. The van der Waals surface area contributed by atoms with E-state index in [1.807, 2.05) is 6.07 Å². The summed E-state index contributed by atoms with van der Waals surface area (Å²) < 4.78 is 12.1. The predicted octanol–water partition coefficient (Wildman–Crippen LogP) is 1.38. The van der Waals surface area contributed by atoms with Crippen molar-refractivity contribution in [1.82, 2.24) is 20.2 Å². The van der Waals surface area contributed by atoms with Crippen LogP contribution in [-0.2, 0) is 9.47 Å². The van der Waals surface area contributed by atoms with Crippen LogP contribution in [0.5, 0.6) is 0 Å². The summed E-state index contributed by atoms with van der Waals surface area (Å²) in [5.41, 5.74) is 1.75. The maximum atomic E-state index is 6.27. The van der Waals surface area contributed by atoms with Gasteiger partial charge in [0.1, 0.15) is 17.8 Å². The molecule has 3 aliphatic rings. The number of ether oxygens (including phenoxy) is 2. The molecule has 0 bridgehead atoms. The van der Waals surface area contributed by atoms with Gasteiger partial charge < -0.3 is 14.4 Å². The van der Waals surface area contributed by atoms with E-state index in [9.17, 15) is 0 Å². The van der Waals surface area contributed by atoms with E-state index in [1.54, 1.807) is 6.33 Å². The number of fused-ring (bicyclic) bond motifs is 1. The predicted molar refractivity (Wildman–Crippen MR) is 107 cm³/mol. The number of hydrogen-bond acceptors (Lipinski definition) is 6. The van der Waals surface area contributed by atoms with Crippen LogP contribution < -0.4 is 15.5 Å². The topological polar surface area (TPSA) is 76.2 Å². The number of H-pyrrole nitrogens is 1. The van der Waals surface area contributed by atoms with Crippen LogP contribution in [0.3, 0.4) is 0 Å². The number of aromatic amines is 1. The van der Waals surface area contributed by atoms with E-state index >= 15 is 0 Å². The van der Waals surface area contributed by atoms with E-state index < -0.39 is 0 Å². The third-order valence-corrected chi connectivity index (χ3v) is 5.77. The lowest BCUT2D eigenvalue weighted by molar-refractivity contribution is -0.00546. The van der Waals surface area contributed by atoms with Crippen molar-refractivity contribution >= 4 is 18.0 Å². The van der Waals surface area contributed by atoms with Crippen molar-refractivity contribution in [2.75, 3.05) is 18.0 Å². The van der Waals surface area contributed by atoms with Crippen LogP contribution in [0, 0.1) is 0 Å². The van der Waals surface area contributed by atoms with Gasteiger partial charge in [0.2, 0.25) is 0 Å². The van der Waals surface area contributed by atoms with Gasteiger partial charge in [-0.15, -0.1) is 0 Å². The van der Waals surface area contributed by atoms with Gasteiger partial charge in [-0.05, 0) is 46.1 Å². The molecule has 7 heteroatoms. The number of aromatic nitrogens is 4. The van der Waals surface area contributed by atoms with Crippen molar-refractivity contribution in [2.24, 2.45) is 0 Å². The molecule has 0 radical (unpaired) electrons. The lowest BCUT2D eigenvalue weighted by Gasteiger charge is -2.36. The van der Waals surface area contributed by atoms with Gasteiger partial charge >= 0.3 is 0 Å². The summed E-state index contributed by atoms with van der Waals surface area (Å²) in [6, 6.07) is 2.03. The molecule has 1 saturated carbocycles. The molecular weight excluding hydrogens is 354 g/mol. The Hall–Kier alpha value is -2.25. The van der Waals surface area contributed by atoms with Crippen molar-refractivity contribution in [1.29, 1.82) is 0 Å². The van der Waals surface area contributed by atoms with E-state index in [-0.39, 0.29) is 23.9 Å². The first kappa shape index (κ1) is 17.8. The molecular formula is C21H27N5O2. The Morgan fingerprint density at radius 3 is 2.75 bits per heavy atom. The molecule has 2 aliphatic carbocycles. The van der Waals surface area contributed by atoms with Gasteiger partial charge in [-0.25, -0.2) is 9.97 Å². The molecule has 2 fully saturated rings. The van der Waals surface area contributed by atoms with E-state index in [4.69, 9.17) is 9.47 Å². The molecule has 0 amide bonds. The average molecular weight is 381 g/mol. The van der Waals surface area contributed by atoms with Gasteiger partial charge in [-0.2, -0.15) is 5.10 Å². The van der Waals surface area contributed by atoms with E-state index in [1.165, 1.54) is 0 Å². The molecule has 7 nitrogen and oxygen atoms in total. The van der Waals surface area contributed by atoms with Crippen molar-refractivity contribution < 1.29 is 9.47 Å². The molecule has 1 unspecified atom stereocenters. The van der Waals surface area contributed by atoms with Gasteiger partial charge in [0, 0.05) is 24.4 Å². The van der Waals surface area contributed by atoms with E-state index in [2.05, 4.69) is 58.0 Å². The Morgan fingerprint density at radius 1 is 1.21 bits per heavy atom. The Morgan fingerprint density at radius 2 is 2.00 bits per heavy atom. The summed E-state index contributed by atoms with van der Waals surface area (Å²) in [5, 5.41) is 9.83. The highest BCUT2D eigenvalue weighted by Gasteiger charge is 2.40. The Labute approximate surface area is 164 Å². The second kappa shape index (κ2) is 6.67. The zero-order valence-corrected chi connectivity index (χ0v) is 16.7. The molecule has 3 atom stereocenters. The van der Waals surface area contributed by atoms with Gasteiger partial charge in [-0.3, -0.25) is 5.10 Å². The van der Waals surface area contributed by atoms with E-state index in [0.29, 0.717) is 0 Å². The zero-order chi connectivity index (χ0) is 19.3. The molecule has 3 heterocycles. The minimum absolute atomic E-state index is 0.0578. The SMILES string of the molecule is C[C@@H]1CN(c2cc(-c3n[nH]c4c3=CC(OC3(C)CC3)CC=4)ncn2)C[C@H](C)O1. The Kier molecular flexibility index (Phi) is 4.25. The highest BCUT2D eigenvalue weighted by atomic mass is 16.5. The van der Waals surface area contributed by atoms with Crippen molar-refractivity contribution in [3.05, 3.63) is 23.0 Å². The van der Waals surface area contributed by atoms with Crippen molar-refractivity contribution in [3.8, 4) is 11.4 Å². The van der Waals surface area contributed by atoms with Crippen LogP contribution in [-0.4, -0.2) is 57.2 Å². The molecule has 2 aromatic heterocycles. The van der Waals surface area contributed by atoms with Crippen molar-refractivity contribution in [3.63, 3.8) is 0 Å². The van der Waals surface area contributed by atoms with Crippen LogP contribution in [0.25, 0.3) is 23.5 Å². The standard InChI is InChI=1S/C21H27N5O2/c1-13-10-26(11-14(2)27-13)19-9-18(22-12-23-19)20-16-8-15(28-21(3)6-7-21)4-5-17(16)24-25-20/h5,8-9,12-15,24H,4,6-7,10-11H2,1-3H3/t13-,14+,15?. The Balaban J connectivity index is 1.47. The van der Waals surface area contributed by atoms with Gasteiger partial charge in [0.25, 0.3) is 0 Å². The third kappa shape index (κ3) is 3.44. The largest absolute Gasteiger partial charge is 0.372 e.